The lowest BCUT2D eigenvalue weighted by Crippen LogP contribution is -1.97. The lowest BCUT2D eigenvalue weighted by Gasteiger charge is -2.06. The number of nitrogens with zero attached hydrogens (tertiary/aromatic N) is 2. The molecule has 0 saturated heterocycles. The van der Waals surface area contributed by atoms with Gasteiger partial charge in [0.15, 0.2) is 0 Å². The quantitative estimate of drug-likeness (QED) is 0.560. The van der Waals surface area contributed by atoms with Crippen molar-refractivity contribution in [3.05, 3.63) is 5.89 Å². The zero-order chi connectivity index (χ0) is 10.4. The number of aromatic nitrogens is 2. The molecule has 0 radical (unpaired) electrons. The Balaban J connectivity index is 2.15. The molecule has 1 heterocycles. The number of rotatable bonds is 6. The van der Waals surface area contributed by atoms with Crippen molar-refractivity contribution in [1.29, 1.82) is 0 Å². The van der Waals surface area contributed by atoms with E-state index in [9.17, 15) is 0 Å². The summed E-state index contributed by atoms with van der Waals surface area (Å²) in [7, 11) is 0. The van der Waals surface area contributed by atoms with Crippen LogP contribution < -0.4 is 0 Å². The molecule has 0 aliphatic carbocycles. The first kappa shape index (κ1) is 11.9. The first-order valence-electron chi connectivity index (χ1n) is 4.71. The molecule has 0 bridgehead atoms. The number of halogens is 1. The normalized spacial score (nSPS) is 13.1. The van der Waals surface area contributed by atoms with E-state index in [0.29, 0.717) is 17.0 Å². The van der Waals surface area contributed by atoms with Crippen molar-refractivity contribution in [2.24, 2.45) is 5.92 Å². The minimum atomic E-state index is 0.626. The molecule has 3 nitrogen and oxygen atoms in total. The van der Waals surface area contributed by atoms with Gasteiger partial charge in [0.05, 0.1) is 0 Å². The molecule has 0 spiro atoms. The zero-order valence-corrected chi connectivity index (χ0v) is 10.1. The van der Waals surface area contributed by atoms with Crippen LogP contribution in [0.1, 0.15) is 25.7 Å². The Labute approximate surface area is 93.6 Å². The lowest BCUT2D eigenvalue weighted by atomic mass is 10.1. The van der Waals surface area contributed by atoms with Crippen LogP contribution in [0.4, 0.5) is 0 Å². The summed E-state index contributed by atoms with van der Waals surface area (Å²) in [5.74, 6) is 3.05. The first-order chi connectivity index (χ1) is 6.72. The average Bonchev–Trinajstić information content (AvgIpc) is 2.52. The van der Waals surface area contributed by atoms with Gasteiger partial charge in [-0.15, -0.1) is 21.8 Å². The average molecular weight is 235 g/mol. The summed E-state index contributed by atoms with van der Waals surface area (Å²) in [6.45, 7) is 4.01. The standard InChI is InChI=1S/C9H15ClN2OS/c1-7(3-5-10)4-6-14-9-12-11-8(2)13-9/h7H,3-6H2,1-2H3. The number of hydrogen-bond acceptors (Lipinski definition) is 4. The summed E-state index contributed by atoms with van der Waals surface area (Å²) in [5.41, 5.74) is 0. The van der Waals surface area contributed by atoms with Crippen molar-refractivity contribution in [2.45, 2.75) is 31.9 Å². The molecule has 1 aromatic rings. The Morgan fingerprint density at radius 3 is 2.79 bits per heavy atom. The molecule has 14 heavy (non-hydrogen) atoms. The van der Waals surface area contributed by atoms with Crippen molar-refractivity contribution >= 4 is 23.4 Å². The third-order valence-corrected chi connectivity index (χ3v) is 3.02. The van der Waals surface area contributed by atoms with E-state index in [0.717, 1.165) is 24.5 Å². The van der Waals surface area contributed by atoms with E-state index in [1.54, 1.807) is 18.7 Å². The summed E-state index contributed by atoms with van der Waals surface area (Å²) >= 11 is 7.26. The fourth-order valence-corrected chi connectivity index (χ4v) is 2.36. The summed E-state index contributed by atoms with van der Waals surface area (Å²) in [6.07, 6.45) is 2.21. The molecule has 0 fully saturated rings. The number of alkyl halides is 1. The van der Waals surface area contributed by atoms with E-state index < -0.39 is 0 Å². The van der Waals surface area contributed by atoms with E-state index in [-0.39, 0.29) is 0 Å². The highest BCUT2D eigenvalue weighted by atomic mass is 35.5. The molecule has 0 aromatic carbocycles. The Morgan fingerprint density at radius 1 is 1.43 bits per heavy atom. The van der Waals surface area contributed by atoms with Crippen molar-refractivity contribution in [2.75, 3.05) is 11.6 Å². The van der Waals surface area contributed by atoms with E-state index in [2.05, 4.69) is 17.1 Å². The van der Waals surface area contributed by atoms with Crippen LogP contribution in [-0.4, -0.2) is 21.8 Å². The molecule has 1 atom stereocenters. The van der Waals surface area contributed by atoms with Gasteiger partial charge in [0, 0.05) is 18.6 Å². The predicted molar refractivity (Wildman–Crippen MR) is 58.9 cm³/mol. The smallest absolute Gasteiger partial charge is 0.276 e. The van der Waals surface area contributed by atoms with E-state index in [4.69, 9.17) is 16.0 Å². The molecule has 0 aliphatic rings. The predicted octanol–water partition coefficient (Wildman–Crippen LogP) is 3.13. The van der Waals surface area contributed by atoms with Crippen LogP contribution >= 0.6 is 23.4 Å². The number of hydrogen-bond donors (Lipinski definition) is 0. The second kappa shape index (κ2) is 6.30. The number of thioether (sulfide) groups is 1. The van der Waals surface area contributed by atoms with Crippen molar-refractivity contribution in [3.63, 3.8) is 0 Å². The Kier molecular flexibility index (Phi) is 5.33. The Morgan fingerprint density at radius 2 is 2.21 bits per heavy atom. The molecule has 0 aliphatic heterocycles. The minimum Gasteiger partial charge on any atom is -0.416 e. The van der Waals surface area contributed by atoms with Crippen LogP contribution in [0, 0.1) is 12.8 Å². The second-order valence-electron chi connectivity index (χ2n) is 3.31. The minimum absolute atomic E-state index is 0.626. The molecular weight excluding hydrogens is 220 g/mol. The number of aryl methyl sites for hydroxylation is 1. The Hall–Kier alpha value is -0.220. The highest BCUT2D eigenvalue weighted by Crippen LogP contribution is 2.19. The van der Waals surface area contributed by atoms with Crippen LogP contribution in [-0.2, 0) is 0 Å². The van der Waals surface area contributed by atoms with Gasteiger partial charge in [-0.2, -0.15) is 0 Å². The fraction of sp³-hybridized carbons (Fsp3) is 0.778. The lowest BCUT2D eigenvalue weighted by molar-refractivity contribution is 0.428. The molecular formula is C9H15ClN2OS. The zero-order valence-electron chi connectivity index (χ0n) is 8.49. The third kappa shape index (κ3) is 4.33. The molecule has 1 unspecified atom stereocenters. The molecule has 0 N–H and O–H groups in total. The highest BCUT2D eigenvalue weighted by Gasteiger charge is 2.05. The summed E-state index contributed by atoms with van der Waals surface area (Å²) in [5, 5.41) is 8.34. The topological polar surface area (TPSA) is 38.9 Å². The maximum Gasteiger partial charge on any atom is 0.276 e. The van der Waals surface area contributed by atoms with Crippen molar-refractivity contribution < 1.29 is 4.42 Å². The van der Waals surface area contributed by atoms with Crippen LogP contribution in [0.5, 0.6) is 0 Å². The van der Waals surface area contributed by atoms with Gasteiger partial charge in [-0.3, -0.25) is 0 Å². The van der Waals surface area contributed by atoms with E-state index in [1.165, 1.54) is 0 Å². The summed E-state index contributed by atoms with van der Waals surface area (Å²) in [6, 6.07) is 0. The van der Waals surface area contributed by atoms with E-state index >= 15 is 0 Å². The van der Waals surface area contributed by atoms with Crippen molar-refractivity contribution in [3.8, 4) is 0 Å². The summed E-state index contributed by atoms with van der Waals surface area (Å²) < 4.78 is 5.24. The molecule has 0 saturated carbocycles. The molecule has 5 heteroatoms. The van der Waals surface area contributed by atoms with E-state index in [1.807, 2.05) is 0 Å². The van der Waals surface area contributed by atoms with Crippen LogP contribution in [0.3, 0.4) is 0 Å². The van der Waals surface area contributed by atoms with Gasteiger partial charge in [-0.05, 0) is 18.8 Å². The van der Waals surface area contributed by atoms with Gasteiger partial charge < -0.3 is 4.42 Å². The molecule has 1 aromatic heterocycles. The van der Waals surface area contributed by atoms with Crippen molar-refractivity contribution in [1.82, 2.24) is 10.2 Å². The maximum atomic E-state index is 5.65. The molecule has 1 rings (SSSR count). The third-order valence-electron chi connectivity index (χ3n) is 1.95. The maximum absolute atomic E-state index is 5.65. The van der Waals surface area contributed by atoms with Crippen LogP contribution in [0.25, 0.3) is 0 Å². The Bertz CT molecular complexity index is 267. The van der Waals surface area contributed by atoms with Gasteiger partial charge in [-0.1, -0.05) is 18.7 Å². The van der Waals surface area contributed by atoms with Gasteiger partial charge in [0.1, 0.15) is 0 Å². The molecule has 80 valence electrons. The fourth-order valence-electron chi connectivity index (χ4n) is 1.01. The van der Waals surface area contributed by atoms with Gasteiger partial charge in [-0.25, -0.2) is 0 Å². The largest absolute Gasteiger partial charge is 0.416 e. The van der Waals surface area contributed by atoms with Crippen LogP contribution in [0.15, 0.2) is 9.64 Å². The van der Waals surface area contributed by atoms with Crippen LogP contribution in [0.2, 0.25) is 0 Å². The van der Waals surface area contributed by atoms with Gasteiger partial charge in [0.2, 0.25) is 5.89 Å². The second-order valence-corrected chi connectivity index (χ2v) is 4.73. The summed E-state index contributed by atoms with van der Waals surface area (Å²) in [4.78, 5) is 0. The van der Waals surface area contributed by atoms with Gasteiger partial charge in [0.25, 0.3) is 5.22 Å². The molecule has 0 amide bonds. The first-order valence-corrected chi connectivity index (χ1v) is 6.23. The highest BCUT2D eigenvalue weighted by molar-refractivity contribution is 7.99. The van der Waals surface area contributed by atoms with Gasteiger partial charge >= 0.3 is 0 Å². The monoisotopic (exact) mass is 234 g/mol. The SMILES string of the molecule is Cc1nnc(SCCC(C)CCCl)o1.